The molecule has 0 aromatic heterocycles. The maximum atomic E-state index is 11.7. The zero-order chi connectivity index (χ0) is 13.5. The van der Waals surface area contributed by atoms with Gasteiger partial charge in [0.1, 0.15) is 0 Å². The molecule has 4 heteroatoms. The molecule has 0 radical (unpaired) electrons. The minimum absolute atomic E-state index is 0.0794. The van der Waals surface area contributed by atoms with Crippen molar-refractivity contribution in [3.05, 3.63) is 29.3 Å². The van der Waals surface area contributed by atoms with Crippen LogP contribution in [-0.4, -0.2) is 17.0 Å². The average Bonchev–Trinajstić information content (AvgIpc) is 2.38. The number of aryl methyl sites for hydroxylation is 2. The lowest BCUT2D eigenvalue weighted by Crippen LogP contribution is -2.17. The molecule has 18 heavy (non-hydrogen) atoms. The molecule has 0 spiro atoms. The number of rotatable bonds is 6. The first-order chi connectivity index (χ1) is 8.60. The first kappa shape index (κ1) is 14.9. The third-order valence-electron chi connectivity index (χ3n) is 2.74. The predicted molar refractivity (Wildman–Crippen MR) is 77.2 cm³/mol. The highest BCUT2D eigenvalue weighted by Gasteiger charge is 2.10. The summed E-state index contributed by atoms with van der Waals surface area (Å²) < 4.78 is 0. The quantitative estimate of drug-likeness (QED) is 0.648. The van der Waals surface area contributed by atoms with E-state index in [9.17, 15) is 9.59 Å². The van der Waals surface area contributed by atoms with E-state index in [1.165, 1.54) is 5.56 Å². The van der Waals surface area contributed by atoms with Gasteiger partial charge in [0.2, 0.25) is 5.91 Å². The van der Waals surface area contributed by atoms with Crippen LogP contribution in [0.15, 0.2) is 18.2 Å². The molecule has 1 N–H and O–H groups in total. The van der Waals surface area contributed by atoms with Crippen LogP contribution in [0.25, 0.3) is 0 Å². The second-order valence-electron chi connectivity index (χ2n) is 4.10. The number of carbonyl (C=O) groups is 2. The van der Waals surface area contributed by atoms with Gasteiger partial charge in [0.25, 0.3) is 0 Å². The van der Waals surface area contributed by atoms with Crippen LogP contribution in [-0.2, 0) is 22.4 Å². The minimum atomic E-state index is -0.251. The third kappa shape index (κ3) is 4.26. The van der Waals surface area contributed by atoms with Crippen molar-refractivity contribution in [1.29, 1.82) is 0 Å². The summed E-state index contributed by atoms with van der Waals surface area (Å²) in [7, 11) is 0. The lowest BCUT2D eigenvalue weighted by molar-refractivity contribution is -0.123. The molecule has 0 bridgehead atoms. The van der Waals surface area contributed by atoms with Gasteiger partial charge in [0.05, 0.1) is 11.8 Å². The number of anilines is 1. The number of ketones is 1. The van der Waals surface area contributed by atoms with E-state index in [1.807, 2.05) is 19.1 Å². The fourth-order valence-electron chi connectivity index (χ4n) is 1.70. The Hall–Kier alpha value is -1.16. The van der Waals surface area contributed by atoms with Gasteiger partial charge in [-0.1, -0.05) is 41.9 Å². The Morgan fingerprint density at radius 1 is 1.22 bits per heavy atom. The van der Waals surface area contributed by atoms with Crippen molar-refractivity contribution in [2.75, 3.05) is 10.6 Å². The van der Waals surface area contributed by atoms with Gasteiger partial charge in [-0.3, -0.25) is 9.59 Å². The SMILES string of the molecule is CCc1ccc(NC(=O)CC(=O)CBr)c(CC)c1. The summed E-state index contributed by atoms with van der Waals surface area (Å²) in [4.78, 5) is 22.8. The highest BCUT2D eigenvalue weighted by Crippen LogP contribution is 2.19. The highest BCUT2D eigenvalue weighted by atomic mass is 79.9. The van der Waals surface area contributed by atoms with Crippen LogP contribution in [0, 0.1) is 0 Å². The maximum absolute atomic E-state index is 11.7. The molecule has 0 aliphatic carbocycles. The lowest BCUT2D eigenvalue weighted by atomic mass is 10.0. The topological polar surface area (TPSA) is 46.2 Å². The normalized spacial score (nSPS) is 10.2. The monoisotopic (exact) mass is 311 g/mol. The van der Waals surface area contributed by atoms with Gasteiger partial charge in [0, 0.05) is 5.69 Å². The molecule has 3 nitrogen and oxygen atoms in total. The van der Waals surface area contributed by atoms with Crippen molar-refractivity contribution in [3.63, 3.8) is 0 Å². The molecule has 1 aromatic rings. The Balaban J connectivity index is 2.77. The van der Waals surface area contributed by atoms with E-state index < -0.39 is 0 Å². The standard InChI is InChI=1S/C14H18BrNO2/c1-3-10-5-6-13(11(4-2)7-10)16-14(18)8-12(17)9-15/h5-7H,3-4,8-9H2,1-2H3,(H,16,18). The summed E-state index contributed by atoms with van der Waals surface area (Å²) in [5.74, 6) is -0.367. The highest BCUT2D eigenvalue weighted by molar-refractivity contribution is 9.09. The Labute approximate surface area is 116 Å². The lowest BCUT2D eigenvalue weighted by Gasteiger charge is -2.11. The second kappa shape index (κ2) is 7.31. The number of Topliss-reactive ketones (excluding diaryl/α,β-unsaturated/α-hetero) is 1. The Bertz CT molecular complexity index is 443. The summed E-state index contributed by atoms with van der Waals surface area (Å²) in [5, 5.41) is 3.02. The van der Waals surface area contributed by atoms with E-state index in [-0.39, 0.29) is 23.4 Å². The molecule has 0 saturated carbocycles. The van der Waals surface area contributed by atoms with Crippen LogP contribution in [0.5, 0.6) is 0 Å². The van der Waals surface area contributed by atoms with Crippen LogP contribution in [0.2, 0.25) is 0 Å². The molecule has 0 aliphatic heterocycles. The van der Waals surface area contributed by atoms with Gasteiger partial charge in [-0.15, -0.1) is 0 Å². The molecule has 0 aliphatic rings. The van der Waals surface area contributed by atoms with E-state index in [4.69, 9.17) is 0 Å². The maximum Gasteiger partial charge on any atom is 0.231 e. The Morgan fingerprint density at radius 2 is 1.94 bits per heavy atom. The van der Waals surface area contributed by atoms with Crippen molar-refractivity contribution < 1.29 is 9.59 Å². The van der Waals surface area contributed by atoms with Crippen molar-refractivity contribution in [2.45, 2.75) is 33.1 Å². The smallest absolute Gasteiger partial charge is 0.231 e. The number of carbonyl (C=O) groups excluding carboxylic acids is 2. The fraction of sp³-hybridized carbons (Fsp3) is 0.429. The summed E-state index contributed by atoms with van der Waals surface area (Å²) >= 11 is 3.05. The number of hydrogen-bond donors (Lipinski definition) is 1. The van der Waals surface area contributed by atoms with Crippen LogP contribution in [0.3, 0.4) is 0 Å². The summed E-state index contributed by atoms with van der Waals surface area (Å²) in [5.41, 5.74) is 3.16. The van der Waals surface area contributed by atoms with Crippen molar-refractivity contribution in [1.82, 2.24) is 0 Å². The van der Waals surface area contributed by atoms with Gasteiger partial charge in [-0.25, -0.2) is 0 Å². The first-order valence-electron chi connectivity index (χ1n) is 6.10. The van der Waals surface area contributed by atoms with Gasteiger partial charge < -0.3 is 5.32 Å². The summed E-state index contributed by atoms with van der Waals surface area (Å²) in [6.45, 7) is 4.15. The zero-order valence-corrected chi connectivity index (χ0v) is 12.3. The fourth-order valence-corrected chi connectivity index (χ4v) is 1.90. The number of amides is 1. The van der Waals surface area contributed by atoms with Crippen LogP contribution >= 0.6 is 15.9 Å². The largest absolute Gasteiger partial charge is 0.325 e. The molecular formula is C14H18BrNO2. The first-order valence-corrected chi connectivity index (χ1v) is 7.22. The van der Waals surface area contributed by atoms with Gasteiger partial charge in [-0.05, 0) is 30.0 Å². The van der Waals surface area contributed by atoms with Crippen LogP contribution in [0.4, 0.5) is 5.69 Å². The van der Waals surface area contributed by atoms with E-state index >= 15 is 0 Å². The molecule has 0 atom stereocenters. The molecule has 0 unspecified atom stereocenters. The third-order valence-corrected chi connectivity index (χ3v) is 3.37. The molecule has 0 heterocycles. The van der Waals surface area contributed by atoms with E-state index in [1.54, 1.807) is 0 Å². The Morgan fingerprint density at radius 3 is 2.50 bits per heavy atom. The van der Waals surface area contributed by atoms with Crippen LogP contribution < -0.4 is 5.32 Å². The number of benzene rings is 1. The molecule has 98 valence electrons. The predicted octanol–water partition coefficient (Wildman–Crippen LogP) is 3.10. The van der Waals surface area contributed by atoms with Crippen molar-refractivity contribution in [2.24, 2.45) is 0 Å². The van der Waals surface area contributed by atoms with Gasteiger partial charge in [-0.2, -0.15) is 0 Å². The second-order valence-corrected chi connectivity index (χ2v) is 4.66. The minimum Gasteiger partial charge on any atom is -0.325 e. The Kier molecular flexibility index (Phi) is 6.05. The van der Waals surface area contributed by atoms with E-state index in [2.05, 4.69) is 34.2 Å². The molecule has 1 rings (SSSR count). The molecule has 1 aromatic carbocycles. The number of hydrogen-bond acceptors (Lipinski definition) is 2. The molecule has 0 saturated heterocycles. The van der Waals surface area contributed by atoms with Crippen molar-refractivity contribution >= 4 is 33.3 Å². The number of alkyl halides is 1. The molecular weight excluding hydrogens is 294 g/mol. The van der Waals surface area contributed by atoms with Gasteiger partial charge >= 0.3 is 0 Å². The average molecular weight is 312 g/mol. The van der Waals surface area contributed by atoms with Crippen molar-refractivity contribution in [3.8, 4) is 0 Å². The van der Waals surface area contributed by atoms with E-state index in [0.29, 0.717) is 0 Å². The summed E-state index contributed by atoms with van der Waals surface area (Å²) in [6.07, 6.45) is 1.75. The molecule has 0 fully saturated rings. The molecule has 1 amide bonds. The zero-order valence-electron chi connectivity index (χ0n) is 10.8. The number of halogens is 1. The summed E-state index contributed by atoms with van der Waals surface area (Å²) in [6, 6.07) is 6.01. The van der Waals surface area contributed by atoms with E-state index in [0.717, 1.165) is 24.1 Å². The number of nitrogens with one attached hydrogen (secondary N) is 1. The van der Waals surface area contributed by atoms with Crippen LogP contribution in [0.1, 0.15) is 31.4 Å². The van der Waals surface area contributed by atoms with Gasteiger partial charge in [0.15, 0.2) is 5.78 Å².